The molecule has 2 aromatic rings. The zero-order chi connectivity index (χ0) is 17.1. The second-order valence-corrected chi connectivity index (χ2v) is 5.60. The molecule has 23 heavy (non-hydrogen) atoms. The fourth-order valence-corrected chi connectivity index (χ4v) is 2.15. The number of amides is 1. The Labute approximate surface area is 132 Å². The molecule has 2 unspecified atom stereocenters. The molecule has 1 aromatic carbocycles. The number of rotatable bonds is 5. The number of carbonyl (C=O) groups is 2. The van der Waals surface area contributed by atoms with Crippen molar-refractivity contribution in [3.63, 3.8) is 0 Å². The average Bonchev–Trinajstić information content (AvgIpc) is 2.51. The van der Waals surface area contributed by atoms with Crippen LogP contribution in [0.3, 0.4) is 0 Å². The van der Waals surface area contributed by atoms with Crippen LogP contribution in [0.25, 0.3) is 10.9 Å². The summed E-state index contributed by atoms with van der Waals surface area (Å²) >= 11 is 0. The first-order chi connectivity index (χ1) is 10.8. The summed E-state index contributed by atoms with van der Waals surface area (Å²) in [5, 5.41) is 19.6. The maximum absolute atomic E-state index is 12.4. The minimum absolute atomic E-state index is 0.289. The van der Waals surface area contributed by atoms with Crippen LogP contribution in [0, 0.1) is 5.92 Å². The highest BCUT2D eigenvalue weighted by Gasteiger charge is 2.27. The summed E-state index contributed by atoms with van der Waals surface area (Å²) in [4.78, 5) is 35.8. The van der Waals surface area contributed by atoms with Crippen molar-refractivity contribution < 1.29 is 14.7 Å². The van der Waals surface area contributed by atoms with Crippen LogP contribution in [-0.2, 0) is 9.59 Å². The van der Waals surface area contributed by atoms with E-state index in [0.717, 1.165) is 4.68 Å². The number of aromatic nitrogens is 3. The summed E-state index contributed by atoms with van der Waals surface area (Å²) in [6.07, 6.45) is 0. The lowest BCUT2D eigenvalue weighted by molar-refractivity contribution is -0.143. The first-order valence-corrected chi connectivity index (χ1v) is 7.20. The topological polar surface area (TPSA) is 114 Å². The smallest absolute Gasteiger partial charge is 0.326 e. The Kier molecular flexibility index (Phi) is 4.73. The molecule has 0 bridgehead atoms. The van der Waals surface area contributed by atoms with Crippen LogP contribution in [-0.4, -0.2) is 38.0 Å². The third-order valence-corrected chi connectivity index (χ3v) is 3.57. The molecular formula is C15H18N4O4. The molecule has 122 valence electrons. The molecule has 0 aliphatic carbocycles. The zero-order valence-corrected chi connectivity index (χ0v) is 13.1. The quantitative estimate of drug-likeness (QED) is 0.833. The molecule has 0 radical (unpaired) electrons. The number of carbonyl (C=O) groups excluding carboxylic acids is 1. The van der Waals surface area contributed by atoms with Crippen molar-refractivity contribution in [3.8, 4) is 0 Å². The minimum atomic E-state index is -1.13. The van der Waals surface area contributed by atoms with Gasteiger partial charge in [0.1, 0.15) is 17.6 Å². The monoisotopic (exact) mass is 318 g/mol. The summed E-state index contributed by atoms with van der Waals surface area (Å²) in [6.45, 7) is 4.84. The molecule has 0 saturated heterocycles. The van der Waals surface area contributed by atoms with Crippen molar-refractivity contribution in [2.75, 3.05) is 0 Å². The van der Waals surface area contributed by atoms with E-state index < -0.39 is 29.5 Å². The maximum atomic E-state index is 12.4. The van der Waals surface area contributed by atoms with Gasteiger partial charge in [-0.2, -0.15) is 4.68 Å². The number of aliphatic carboxylic acids is 1. The molecule has 0 fully saturated rings. The number of hydrogen-bond donors (Lipinski definition) is 2. The summed E-state index contributed by atoms with van der Waals surface area (Å²) < 4.78 is 0.955. The van der Waals surface area contributed by atoms with Crippen molar-refractivity contribution in [3.05, 3.63) is 34.6 Å². The van der Waals surface area contributed by atoms with Crippen molar-refractivity contribution in [2.45, 2.75) is 32.9 Å². The summed E-state index contributed by atoms with van der Waals surface area (Å²) in [5.74, 6) is -2.02. The van der Waals surface area contributed by atoms with Crippen LogP contribution < -0.4 is 10.9 Å². The van der Waals surface area contributed by atoms with Gasteiger partial charge in [0, 0.05) is 0 Å². The van der Waals surface area contributed by atoms with E-state index in [1.54, 1.807) is 38.1 Å². The lowest BCUT2D eigenvalue weighted by atomic mass is 10.0. The Balaban J connectivity index is 2.31. The van der Waals surface area contributed by atoms with Crippen molar-refractivity contribution in [1.82, 2.24) is 20.3 Å². The highest BCUT2D eigenvalue weighted by atomic mass is 16.4. The van der Waals surface area contributed by atoms with E-state index in [4.69, 9.17) is 5.11 Å². The van der Waals surface area contributed by atoms with E-state index >= 15 is 0 Å². The van der Waals surface area contributed by atoms with Gasteiger partial charge >= 0.3 is 5.97 Å². The lowest BCUT2D eigenvalue weighted by Crippen LogP contribution is -2.48. The largest absolute Gasteiger partial charge is 0.480 e. The predicted molar refractivity (Wildman–Crippen MR) is 82.9 cm³/mol. The van der Waals surface area contributed by atoms with Gasteiger partial charge in [0.15, 0.2) is 0 Å². The van der Waals surface area contributed by atoms with E-state index in [9.17, 15) is 14.4 Å². The molecule has 8 nitrogen and oxygen atoms in total. The van der Waals surface area contributed by atoms with Gasteiger partial charge in [-0.15, -0.1) is 5.10 Å². The standard InChI is InChI=1S/C15H18N4O4/c1-8(2)12(15(22)23)16-13(20)9(3)19-14(21)10-6-4-5-7-11(10)17-18-19/h4-9,12H,1-3H3,(H,16,20)(H,22,23). The molecule has 0 saturated carbocycles. The van der Waals surface area contributed by atoms with E-state index in [-0.39, 0.29) is 5.92 Å². The predicted octanol–water partition coefficient (Wildman–Crippen LogP) is 0.578. The summed E-state index contributed by atoms with van der Waals surface area (Å²) in [7, 11) is 0. The lowest BCUT2D eigenvalue weighted by Gasteiger charge is -2.20. The highest BCUT2D eigenvalue weighted by Crippen LogP contribution is 2.08. The third-order valence-electron chi connectivity index (χ3n) is 3.57. The molecule has 1 heterocycles. The number of nitrogens with one attached hydrogen (secondary N) is 1. The Morgan fingerprint density at radius 3 is 2.48 bits per heavy atom. The Morgan fingerprint density at radius 1 is 1.22 bits per heavy atom. The molecular weight excluding hydrogens is 300 g/mol. The van der Waals surface area contributed by atoms with Crippen LogP contribution in [0.2, 0.25) is 0 Å². The first-order valence-electron chi connectivity index (χ1n) is 7.20. The minimum Gasteiger partial charge on any atom is -0.480 e. The fraction of sp³-hybridized carbons (Fsp3) is 0.400. The third kappa shape index (κ3) is 3.36. The van der Waals surface area contributed by atoms with Crippen molar-refractivity contribution in [1.29, 1.82) is 0 Å². The van der Waals surface area contributed by atoms with Gasteiger partial charge < -0.3 is 10.4 Å². The van der Waals surface area contributed by atoms with Gasteiger partial charge in [-0.1, -0.05) is 31.2 Å². The number of benzene rings is 1. The van der Waals surface area contributed by atoms with E-state index in [0.29, 0.717) is 10.9 Å². The van der Waals surface area contributed by atoms with Gasteiger partial charge in [0.25, 0.3) is 5.56 Å². The Morgan fingerprint density at radius 2 is 1.87 bits per heavy atom. The molecule has 0 spiro atoms. The maximum Gasteiger partial charge on any atom is 0.326 e. The van der Waals surface area contributed by atoms with Gasteiger partial charge in [-0.3, -0.25) is 9.59 Å². The Bertz CT molecular complexity index is 799. The molecule has 1 amide bonds. The molecule has 1 aromatic heterocycles. The van der Waals surface area contributed by atoms with Gasteiger partial charge in [-0.25, -0.2) is 4.79 Å². The SMILES string of the molecule is CC(C)C(NC(=O)C(C)n1nnc2ccccc2c1=O)C(=O)O. The van der Waals surface area contributed by atoms with Crippen LogP contribution >= 0.6 is 0 Å². The number of hydrogen-bond acceptors (Lipinski definition) is 5. The van der Waals surface area contributed by atoms with Gasteiger partial charge in [0.05, 0.1) is 5.39 Å². The highest BCUT2D eigenvalue weighted by molar-refractivity contribution is 5.86. The van der Waals surface area contributed by atoms with Gasteiger partial charge in [0.2, 0.25) is 5.91 Å². The zero-order valence-electron chi connectivity index (χ0n) is 13.1. The second-order valence-electron chi connectivity index (χ2n) is 5.60. The number of nitrogens with zero attached hydrogens (tertiary/aromatic N) is 3. The van der Waals surface area contributed by atoms with E-state index in [2.05, 4.69) is 15.6 Å². The molecule has 2 atom stereocenters. The molecule has 8 heteroatoms. The second kappa shape index (κ2) is 6.55. The van der Waals surface area contributed by atoms with Crippen LogP contribution in [0.4, 0.5) is 0 Å². The fourth-order valence-electron chi connectivity index (χ4n) is 2.15. The summed E-state index contributed by atoms with van der Waals surface area (Å²) in [6, 6.07) is 4.67. The van der Waals surface area contributed by atoms with Crippen molar-refractivity contribution in [2.24, 2.45) is 5.92 Å². The Hall–Kier alpha value is -2.77. The molecule has 0 aliphatic heterocycles. The first kappa shape index (κ1) is 16.6. The van der Waals surface area contributed by atoms with Crippen LogP contribution in [0.5, 0.6) is 0 Å². The van der Waals surface area contributed by atoms with Crippen LogP contribution in [0.1, 0.15) is 26.8 Å². The van der Waals surface area contributed by atoms with Crippen molar-refractivity contribution >= 4 is 22.8 Å². The van der Waals surface area contributed by atoms with E-state index in [1.807, 2.05) is 0 Å². The molecule has 0 aliphatic rings. The summed E-state index contributed by atoms with van der Waals surface area (Å²) in [5.41, 5.74) is -0.0124. The number of fused-ring (bicyclic) bond motifs is 1. The van der Waals surface area contributed by atoms with E-state index in [1.165, 1.54) is 6.92 Å². The molecule has 2 N–H and O–H groups in total. The van der Waals surface area contributed by atoms with Crippen LogP contribution in [0.15, 0.2) is 29.1 Å². The normalized spacial score (nSPS) is 13.7. The molecule has 2 rings (SSSR count). The number of carboxylic acid groups (broad SMARTS) is 1. The average molecular weight is 318 g/mol. The van der Waals surface area contributed by atoms with Gasteiger partial charge in [-0.05, 0) is 25.0 Å². The number of carboxylic acids is 1.